The highest BCUT2D eigenvalue weighted by atomic mass is 16.1. The molecule has 1 amide bonds. The van der Waals surface area contributed by atoms with Crippen LogP contribution in [0.1, 0.15) is 25.3 Å². The minimum atomic E-state index is 0.138. The van der Waals surface area contributed by atoms with E-state index in [9.17, 15) is 4.79 Å². The summed E-state index contributed by atoms with van der Waals surface area (Å²) in [5, 5.41) is 3.10. The van der Waals surface area contributed by atoms with Crippen molar-refractivity contribution in [2.45, 2.75) is 31.8 Å². The predicted molar refractivity (Wildman–Crippen MR) is 104 cm³/mol. The first-order chi connectivity index (χ1) is 12.2. The van der Waals surface area contributed by atoms with Crippen molar-refractivity contribution >= 4 is 12.0 Å². The molecule has 3 nitrogen and oxygen atoms in total. The lowest BCUT2D eigenvalue weighted by Gasteiger charge is -2.14. The molecule has 0 aromatic heterocycles. The number of benzene rings is 2. The van der Waals surface area contributed by atoms with E-state index in [0.29, 0.717) is 12.5 Å². The first-order valence-electron chi connectivity index (χ1n) is 8.99. The highest BCUT2D eigenvalue weighted by molar-refractivity contribution is 5.75. The number of carbonyl (C=O) groups is 1. The Bertz CT molecular complexity index is 721. The van der Waals surface area contributed by atoms with E-state index in [2.05, 4.69) is 77.9 Å². The summed E-state index contributed by atoms with van der Waals surface area (Å²) in [6.45, 7) is 2.80. The second-order valence-corrected chi connectivity index (χ2v) is 6.71. The molecule has 0 radical (unpaired) electrons. The zero-order valence-corrected chi connectivity index (χ0v) is 15.0. The fraction of sp³-hybridized carbons (Fsp3) is 0.318. The van der Waals surface area contributed by atoms with E-state index < -0.39 is 0 Å². The third-order valence-corrected chi connectivity index (χ3v) is 4.82. The number of likely N-dealkylation sites (tertiary alicyclic amines) is 1. The number of likely N-dealkylation sites (N-methyl/N-ethyl adjacent to an activating group) is 1. The van der Waals surface area contributed by atoms with Crippen LogP contribution in [0.2, 0.25) is 0 Å². The number of amides is 1. The zero-order valence-electron chi connectivity index (χ0n) is 15.0. The molecular formula is C22H26N2O. The number of hydrogen-bond donors (Lipinski definition) is 1. The van der Waals surface area contributed by atoms with Gasteiger partial charge in [-0.3, -0.25) is 9.69 Å². The van der Waals surface area contributed by atoms with Crippen LogP contribution in [-0.2, 0) is 4.79 Å². The first-order valence-corrected chi connectivity index (χ1v) is 8.99. The molecule has 0 saturated carbocycles. The molecule has 3 heteroatoms. The summed E-state index contributed by atoms with van der Waals surface area (Å²) >= 11 is 0. The van der Waals surface area contributed by atoms with Crippen LogP contribution in [0.4, 0.5) is 0 Å². The van der Waals surface area contributed by atoms with E-state index in [1.54, 1.807) is 0 Å². The Kier molecular flexibility index (Phi) is 5.67. The molecule has 2 atom stereocenters. The summed E-state index contributed by atoms with van der Waals surface area (Å²) in [5.74, 6) is 0.138. The highest BCUT2D eigenvalue weighted by Crippen LogP contribution is 2.21. The second-order valence-electron chi connectivity index (χ2n) is 6.71. The predicted octanol–water partition coefficient (Wildman–Crippen LogP) is 3.97. The molecule has 3 rings (SSSR count). The van der Waals surface area contributed by atoms with Gasteiger partial charge in [0.15, 0.2) is 0 Å². The molecule has 1 aliphatic rings. The maximum atomic E-state index is 11.6. The number of rotatable bonds is 5. The molecule has 0 bridgehead atoms. The topological polar surface area (TPSA) is 32.3 Å². The maximum Gasteiger partial charge on any atom is 0.219 e. The van der Waals surface area contributed by atoms with Gasteiger partial charge in [-0.05, 0) is 30.2 Å². The summed E-state index contributed by atoms with van der Waals surface area (Å²) in [6, 6.07) is 19.7. The van der Waals surface area contributed by atoms with Crippen molar-refractivity contribution in [1.29, 1.82) is 0 Å². The average Bonchev–Trinajstić information content (AvgIpc) is 3.00. The van der Waals surface area contributed by atoms with Gasteiger partial charge < -0.3 is 5.32 Å². The number of nitrogens with zero attached hydrogens (tertiary/aromatic N) is 1. The van der Waals surface area contributed by atoms with Crippen molar-refractivity contribution in [3.63, 3.8) is 0 Å². The summed E-state index contributed by atoms with van der Waals surface area (Å²) < 4.78 is 0. The van der Waals surface area contributed by atoms with E-state index >= 15 is 0 Å². The summed E-state index contributed by atoms with van der Waals surface area (Å²) in [4.78, 5) is 13.9. The van der Waals surface area contributed by atoms with Crippen molar-refractivity contribution in [2.75, 3.05) is 13.6 Å². The SMILES string of the molecule is CCC(=O)NC1CC(/C=C/c2ccc(-c3ccccc3)cc2)N(C)C1. The molecule has 1 saturated heterocycles. The lowest BCUT2D eigenvalue weighted by Crippen LogP contribution is -2.35. The van der Waals surface area contributed by atoms with Gasteiger partial charge >= 0.3 is 0 Å². The first kappa shape index (κ1) is 17.4. The highest BCUT2D eigenvalue weighted by Gasteiger charge is 2.28. The molecule has 0 spiro atoms. The van der Waals surface area contributed by atoms with Gasteiger partial charge in [-0.25, -0.2) is 0 Å². The Hall–Kier alpha value is -2.39. The van der Waals surface area contributed by atoms with E-state index in [1.807, 2.05) is 13.0 Å². The fourth-order valence-corrected chi connectivity index (χ4v) is 3.33. The minimum Gasteiger partial charge on any atom is -0.352 e. The van der Waals surface area contributed by atoms with Gasteiger partial charge in [-0.15, -0.1) is 0 Å². The van der Waals surface area contributed by atoms with Crippen LogP contribution in [0.15, 0.2) is 60.7 Å². The van der Waals surface area contributed by atoms with Gasteiger partial charge in [-0.1, -0.05) is 73.7 Å². The van der Waals surface area contributed by atoms with E-state index in [4.69, 9.17) is 0 Å². The largest absolute Gasteiger partial charge is 0.352 e. The van der Waals surface area contributed by atoms with E-state index in [-0.39, 0.29) is 11.9 Å². The maximum absolute atomic E-state index is 11.6. The Morgan fingerprint density at radius 2 is 1.80 bits per heavy atom. The third-order valence-electron chi connectivity index (χ3n) is 4.82. The van der Waals surface area contributed by atoms with Crippen LogP contribution < -0.4 is 5.32 Å². The van der Waals surface area contributed by atoms with Crippen molar-refractivity contribution in [1.82, 2.24) is 10.2 Å². The van der Waals surface area contributed by atoms with Gasteiger partial charge in [0.2, 0.25) is 5.91 Å². The normalized spacial score (nSPS) is 20.9. The Morgan fingerprint density at radius 1 is 1.12 bits per heavy atom. The number of nitrogens with one attached hydrogen (secondary N) is 1. The van der Waals surface area contributed by atoms with Crippen molar-refractivity contribution in [2.24, 2.45) is 0 Å². The smallest absolute Gasteiger partial charge is 0.219 e. The Morgan fingerprint density at radius 3 is 2.48 bits per heavy atom. The van der Waals surface area contributed by atoms with Crippen molar-refractivity contribution < 1.29 is 4.79 Å². The van der Waals surface area contributed by atoms with Crippen LogP contribution in [-0.4, -0.2) is 36.5 Å². The Balaban J connectivity index is 1.61. The lowest BCUT2D eigenvalue weighted by molar-refractivity contribution is -0.121. The molecule has 2 unspecified atom stereocenters. The molecular weight excluding hydrogens is 308 g/mol. The molecule has 1 aliphatic heterocycles. The van der Waals surface area contributed by atoms with Crippen LogP contribution in [0.5, 0.6) is 0 Å². The quantitative estimate of drug-likeness (QED) is 0.897. The molecule has 2 aromatic rings. The molecule has 25 heavy (non-hydrogen) atoms. The standard InChI is InChI=1S/C22H26N2O/c1-3-22(25)23-20-15-21(24(2)16-20)14-11-17-9-12-19(13-10-17)18-7-5-4-6-8-18/h4-14,20-21H,3,15-16H2,1-2H3,(H,23,25)/b14-11+. The second kappa shape index (κ2) is 8.13. The molecule has 1 N–H and O–H groups in total. The van der Waals surface area contributed by atoms with Gasteiger partial charge in [0.1, 0.15) is 0 Å². The molecule has 1 fully saturated rings. The van der Waals surface area contributed by atoms with Crippen LogP contribution >= 0.6 is 0 Å². The number of hydrogen-bond acceptors (Lipinski definition) is 2. The molecule has 1 heterocycles. The van der Waals surface area contributed by atoms with Gasteiger partial charge in [0, 0.05) is 25.0 Å². The third kappa shape index (κ3) is 4.58. The molecule has 2 aromatic carbocycles. The van der Waals surface area contributed by atoms with E-state index in [1.165, 1.54) is 16.7 Å². The van der Waals surface area contributed by atoms with Gasteiger partial charge in [0.05, 0.1) is 0 Å². The van der Waals surface area contributed by atoms with Crippen LogP contribution in [0, 0.1) is 0 Å². The Labute approximate surface area is 150 Å². The van der Waals surface area contributed by atoms with Crippen molar-refractivity contribution in [3.05, 3.63) is 66.2 Å². The van der Waals surface area contributed by atoms with Gasteiger partial charge in [0.25, 0.3) is 0 Å². The monoisotopic (exact) mass is 334 g/mol. The summed E-state index contributed by atoms with van der Waals surface area (Å²) in [5.41, 5.74) is 3.68. The van der Waals surface area contributed by atoms with Gasteiger partial charge in [-0.2, -0.15) is 0 Å². The fourth-order valence-electron chi connectivity index (χ4n) is 3.33. The zero-order chi connectivity index (χ0) is 17.6. The van der Waals surface area contributed by atoms with Crippen molar-refractivity contribution in [3.8, 4) is 11.1 Å². The lowest BCUT2D eigenvalue weighted by atomic mass is 10.0. The summed E-state index contributed by atoms with van der Waals surface area (Å²) in [6.07, 6.45) is 5.95. The van der Waals surface area contributed by atoms with Crippen LogP contribution in [0.3, 0.4) is 0 Å². The minimum absolute atomic E-state index is 0.138. The number of carbonyl (C=O) groups excluding carboxylic acids is 1. The van der Waals surface area contributed by atoms with Crippen LogP contribution in [0.25, 0.3) is 17.2 Å². The summed E-state index contributed by atoms with van der Waals surface area (Å²) in [7, 11) is 2.12. The van der Waals surface area contributed by atoms with E-state index in [0.717, 1.165) is 13.0 Å². The average molecular weight is 334 g/mol. The molecule has 0 aliphatic carbocycles. The molecule has 130 valence electrons.